The molecule has 3 aliphatic rings. The summed E-state index contributed by atoms with van der Waals surface area (Å²) < 4.78 is 11.5. The van der Waals surface area contributed by atoms with E-state index in [-0.39, 0.29) is 40.1 Å². The van der Waals surface area contributed by atoms with Gasteiger partial charge in [-0.25, -0.2) is 14.3 Å². The van der Waals surface area contributed by atoms with Gasteiger partial charge >= 0.3 is 11.9 Å². The number of rotatable bonds is 6. The fourth-order valence-electron chi connectivity index (χ4n) is 5.16. The highest BCUT2D eigenvalue weighted by Crippen LogP contribution is 2.58. The van der Waals surface area contributed by atoms with Crippen molar-refractivity contribution < 1.29 is 23.9 Å². The predicted octanol–water partition coefficient (Wildman–Crippen LogP) is 2.54. The molecule has 9 nitrogen and oxygen atoms in total. The maximum absolute atomic E-state index is 13.2. The molecule has 0 aliphatic heterocycles. The summed E-state index contributed by atoms with van der Waals surface area (Å²) >= 11 is 0. The van der Waals surface area contributed by atoms with Crippen LogP contribution in [-0.4, -0.2) is 52.2 Å². The number of amides is 1. The normalized spacial score (nSPS) is 25.8. The van der Waals surface area contributed by atoms with Crippen LogP contribution in [0.5, 0.6) is 0 Å². The van der Waals surface area contributed by atoms with E-state index in [1.165, 1.54) is 23.9 Å². The molecule has 9 heteroatoms. The molecule has 0 radical (unpaired) electrons. The van der Waals surface area contributed by atoms with Gasteiger partial charge in [-0.3, -0.25) is 9.59 Å². The highest BCUT2D eigenvalue weighted by molar-refractivity contribution is 5.96. The van der Waals surface area contributed by atoms with Gasteiger partial charge in [0.15, 0.2) is 11.3 Å². The second-order valence-corrected chi connectivity index (χ2v) is 8.68. The largest absolute Gasteiger partial charge is 0.466 e. The molecule has 0 spiro atoms. The van der Waals surface area contributed by atoms with Crippen molar-refractivity contribution in [3.8, 4) is 0 Å². The van der Waals surface area contributed by atoms with Gasteiger partial charge in [0.05, 0.1) is 25.3 Å². The van der Waals surface area contributed by atoms with Crippen LogP contribution in [0, 0.1) is 10.8 Å². The summed E-state index contributed by atoms with van der Waals surface area (Å²) in [6.45, 7) is 4.26. The Bertz CT molecular complexity index is 1010. The fraction of sp³-hybridized carbons (Fsp3) is 0.591. The van der Waals surface area contributed by atoms with Crippen molar-refractivity contribution in [2.75, 3.05) is 13.7 Å². The van der Waals surface area contributed by atoms with Gasteiger partial charge in [0, 0.05) is 18.2 Å². The lowest BCUT2D eigenvalue weighted by Gasteiger charge is -2.54. The first-order chi connectivity index (χ1) is 14.8. The molecule has 2 aromatic rings. The van der Waals surface area contributed by atoms with Crippen LogP contribution < -0.4 is 5.32 Å². The number of carbonyl (C=O) groups excluding carboxylic acids is 3. The van der Waals surface area contributed by atoms with Crippen LogP contribution in [-0.2, 0) is 14.3 Å². The molecular formula is C22H28N4O5. The number of ether oxygens (including phenoxy) is 2. The van der Waals surface area contributed by atoms with Crippen LogP contribution in [0.25, 0.3) is 5.65 Å². The first-order valence-electron chi connectivity index (χ1n) is 10.8. The van der Waals surface area contributed by atoms with Crippen LogP contribution in [0.1, 0.15) is 73.3 Å². The summed E-state index contributed by atoms with van der Waals surface area (Å²) in [5.74, 6) is -1.01. The summed E-state index contributed by atoms with van der Waals surface area (Å²) in [5, 5.41) is 7.29. The van der Waals surface area contributed by atoms with Crippen LogP contribution in [0.4, 0.5) is 0 Å². The molecule has 3 aliphatic carbocycles. The van der Waals surface area contributed by atoms with Gasteiger partial charge in [-0.2, -0.15) is 5.10 Å². The van der Waals surface area contributed by atoms with Crippen LogP contribution in [0.15, 0.2) is 18.3 Å². The SMILES string of the molecule is CCOC(=O)C12CCC(C(C)NC(=O)c3cc(C(=O)OC)nc4ccnn34)(CC1)CC2. The molecule has 1 atom stereocenters. The Kier molecular flexibility index (Phi) is 5.45. The number of methoxy groups -OCH3 is 1. The molecule has 31 heavy (non-hydrogen) atoms. The zero-order valence-electron chi connectivity index (χ0n) is 18.1. The quantitative estimate of drug-likeness (QED) is 0.704. The van der Waals surface area contributed by atoms with Gasteiger partial charge in [-0.1, -0.05) is 0 Å². The maximum atomic E-state index is 13.2. The van der Waals surface area contributed by atoms with Gasteiger partial charge in [-0.15, -0.1) is 0 Å². The van der Waals surface area contributed by atoms with Crippen LogP contribution in [0.2, 0.25) is 0 Å². The summed E-state index contributed by atoms with van der Waals surface area (Å²) in [6.07, 6.45) is 6.50. The molecule has 1 amide bonds. The van der Waals surface area contributed by atoms with Crippen molar-refractivity contribution in [2.45, 2.75) is 58.4 Å². The molecule has 0 aromatic carbocycles. The number of hydrogen-bond donors (Lipinski definition) is 1. The Morgan fingerprint density at radius 2 is 1.87 bits per heavy atom. The minimum atomic E-state index is -0.612. The van der Waals surface area contributed by atoms with Gasteiger partial charge in [0.25, 0.3) is 5.91 Å². The van der Waals surface area contributed by atoms with E-state index in [1.54, 1.807) is 6.07 Å². The molecule has 5 rings (SSSR count). The number of hydrogen-bond acceptors (Lipinski definition) is 7. The number of nitrogens with one attached hydrogen (secondary N) is 1. The molecule has 2 bridgehead atoms. The van der Waals surface area contributed by atoms with E-state index in [0.717, 1.165) is 38.5 Å². The van der Waals surface area contributed by atoms with Crippen molar-refractivity contribution in [3.05, 3.63) is 29.7 Å². The predicted molar refractivity (Wildman–Crippen MR) is 110 cm³/mol. The van der Waals surface area contributed by atoms with Gasteiger partial charge < -0.3 is 14.8 Å². The zero-order chi connectivity index (χ0) is 22.2. The fourth-order valence-corrected chi connectivity index (χ4v) is 5.16. The second-order valence-electron chi connectivity index (χ2n) is 8.68. The van der Waals surface area contributed by atoms with Crippen molar-refractivity contribution in [1.29, 1.82) is 0 Å². The Morgan fingerprint density at radius 3 is 2.48 bits per heavy atom. The minimum absolute atomic E-state index is 0.0503. The molecule has 166 valence electrons. The molecule has 0 saturated heterocycles. The third-order valence-electron chi connectivity index (χ3n) is 7.27. The highest BCUT2D eigenvalue weighted by Gasteiger charge is 2.55. The van der Waals surface area contributed by atoms with E-state index in [4.69, 9.17) is 9.47 Å². The topological polar surface area (TPSA) is 112 Å². The highest BCUT2D eigenvalue weighted by atomic mass is 16.5. The Labute approximate surface area is 180 Å². The first-order valence-corrected chi connectivity index (χ1v) is 10.8. The molecular weight excluding hydrogens is 400 g/mol. The van der Waals surface area contributed by atoms with Crippen molar-refractivity contribution in [1.82, 2.24) is 19.9 Å². The Morgan fingerprint density at radius 1 is 1.19 bits per heavy atom. The third kappa shape index (κ3) is 3.55. The smallest absolute Gasteiger partial charge is 0.356 e. The average molecular weight is 428 g/mol. The molecule has 2 heterocycles. The number of aromatic nitrogens is 3. The summed E-state index contributed by atoms with van der Waals surface area (Å²) in [4.78, 5) is 41.8. The Balaban J connectivity index is 1.52. The summed E-state index contributed by atoms with van der Waals surface area (Å²) in [6, 6.07) is 2.93. The number of esters is 2. The van der Waals surface area contributed by atoms with Crippen molar-refractivity contribution >= 4 is 23.5 Å². The molecule has 3 fully saturated rings. The second kappa shape index (κ2) is 7.94. The van der Waals surface area contributed by atoms with Crippen LogP contribution in [0.3, 0.4) is 0 Å². The molecule has 3 saturated carbocycles. The van der Waals surface area contributed by atoms with Gasteiger partial charge in [0.2, 0.25) is 0 Å². The Hall–Kier alpha value is -2.97. The third-order valence-corrected chi connectivity index (χ3v) is 7.27. The lowest BCUT2D eigenvalue weighted by Crippen LogP contribution is -2.55. The number of nitrogens with zero attached hydrogens (tertiary/aromatic N) is 3. The summed E-state index contributed by atoms with van der Waals surface area (Å²) in [5.41, 5.74) is 0.273. The molecule has 1 N–H and O–H groups in total. The van der Waals surface area contributed by atoms with Gasteiger partial charge in [-0.05, 0) is 57.8 Å². The maximum Gasteiger partial charge on any atom is 0.356 e. The van der Waals surface area contributed by atoms with Crippen molar-refractivity contribution in [3.63, 3.8) is 0 Å². The number of fused-ring (bicyclic) bond motifs is 4. The molecule has 1 unspecified atom stereocenters. The average Bonchev–Trinajstić information content (AvgIpc) is 3.27. The lowest BCUT2D eigenvalue weighted by molar-refractivity contribution is -0.166. The molecule has 2 aromatic heterocycles. The van der Waals surface area contributed by atoms with E-state index in [0.29, 0.717) is 12.3 Å². The standard InChI is InChI=1S/C22H28N4O5/c1-4-31-20(29)22-9-6-21(7-10-22,8-11-22)14(2)24-18(27)16-13-15(19(28)30-3)25-17-5-12-23-26(16)17/h5,12-14H,4,6-11H2,1-3H3,(H,24,27). The first kappa shape index (κ1) is 21.3. The van der Waals surface area contributed by atoms with Gasteiger partial charge in [0.1, 0.15) is 5.69 Å². The van der Waals surface area contributed by atoms with E-state index in [9.17, 15) is 14.4 Å². The van der Waals surface area contributed by atoms with E-state index >= 15 is 0 Å². The van der Waals surface area contributed by atoms with Crippen molar-refractivity contribution in [2.24, 2.45) is 10.8 Å². The minimum Gasteiger partial charge on any atom is -0.466 e. The van der Waals surface area contributed by atoms with E-state index in [2.05, 4.69) is 15.4 Å². The number of carbonyl (C=O) groups is 3. The van der Waals surface area contributed by atoms with Crippen LogP contribution >= 0.6 is 0 Å². The monoisotopic (exact) mass is 428 g/mol. The van der Waals surface area contributed by atoms with E-state index < -0.39 is 5.97 Å². The summed E-state index contributed by atoms with van der Waals surface area (Å²) in [7, 11) is 1.27. The lowest BCUT2D eigenvalue weighted by atomic mass is 9.51. The van der Waals surface area contributed by atoms with E-state index in [1.807, 2.05) is 13.8 Å². The zero-order valence-corrected chi connectivity index (χ0v) is 18.1.